The summed E-state index contributed by atoms with van der Waals surface area (Å²) in [6, 6.07) is 35.9. The number of phenolic OH excluding ortho intramolecular Hbond substituents is 1. The number of rotatable bonds is 9. The van der Waals surface area contributed by atoms with E-state index in [4.69, 9.17) is 4.74 Å². The third-order valence-electron chi connectivity index (χ3n) is 7.35. The molecule has 6 rings (SSSR count). The molecule has 0 saturated heterocycles. The van der Waals surface area contributed by atoms with Crippen LogP contribution in [0.2, 0.25) is 0 Å². The van der Waals surface area contributed by atoms with Gasteiger partial charge in [0.1, 0.15) is 17.2 Å². The lowest BCUT2D eigenvalue weighted by atomic mass is 10.1. The minimum atomic E-state index is -0.554. The number of para-hydroxylation sites is 2. The molecule has 0 saturated carbocycles. The van der Waals surface area contributed by atoms with E-state index in [9.17, 15) is 19.5 Å². The van der Waals surface area contributed by atoms with E-state index in [0.29, 0.717) is 22.6 Å². The summed E-state index contributed by atoms with van der Waals surface area (Å²) in [5, 5.41) is 17.5. The van der Waals surface area contributed by atoms with Crippen molar-refractivity contribution in [1.82, 2.24) is 9.88 Å². The van der Waals surface area contributed by atoms with E-state index in [0.717, 1.165) is 26.7 Å². The van der Waals surface area contributed by atoms with Crippen molar-refractivity contribution in [1.29, 1.82) is 0 Å². The van der Waals surface area contributed by atoms with Crippen LogP contribution in [0.15, 0.2) is 132 Å². The van der Waals surface area contributed by atoms with Crippen LogP contribution in [0, 0.1) is 0 Å². The number of carbonyl (C=O) groups excluding carboxylic acids is 3. The molecule has 0 spiro atoms. The van der Waals surface area contributed by atoms with Crippen molar-refractivity contribution < 1.29 is 24.2 Å². The molecule has 1 aromatic heterocycles. The lowest BCUT2D eigenvalue weighted by Gasteiger charge is -2.13. The number of nitrogens with zero attached hydrogens (tertiary/aromatic N) is 1. The molecule has 1 heterocycles. The van der Waals surface area contributed by atoms with Gasteiger partial charge in [-0.25, -0.2) is 0 Å². The summed E-state index contributed by atoms with van der Waals surface area (Å²) >= 11 is 1.41. The largest absolute Gasteiger partial charge is 0.508 e. The van der Waals surface area contributed by atoms with Crippen LogP contribution in [-0.2, 0) is 4.79 Å². The first kappa shape index (κ1) is 30.2. The first-order chi connectivity index (χ1) is 22.4. The Morgan fingerprint density at radius 3 is 2.09 bits per heavy atom. The fraction of sp³-hybridized carbons (Fsp3) is 0.0541. The van der Waals surface area contributed by atoms with Gasteiger partial charge in [0.15, 0.2) is 0 Å². The quantitative estimate of drug-likeness (QED) is 0.114. The molecule has 6 aromatic rings. The molecule has 9 heteroatoms. The zero-order chi connectivity index (χ0) is 32.0. The SMILES string of the molecule is COc1cc(O)ccc1/C=C(\NC(=O)c1ccccc1)C(=O)Nc1ccc(SCC(=O)n2c3ccccc3c3ccccc32)cc1. The number of ether oxygens (including phenoxy) is 1. The summed E-state index contributed by atoms with van der Waals surface area (Å²) in [7, 11) is 1.45. The van der Waals surface area contributed by atoms with Gasteiger partial charge >= 0.3 is 0 Å². The number of fused-ring (bicyclic) bond motifs is 3. The second-order valence-electron chi connectivity index (χ2n) is 10.3. The standard InChI is InChI=1S/C37H29N3O5S/c1-45-34-22-27(41)18-15-25(34)21-31(39-36(43)24-9-3-2-4-10-24)37(44)38-26-16-19-28(20-17-26)46-23-35(42)40-32-13-7-5-11-29(32)30-12-6-8-14-33(30)40/h2-22,41H,23H2,1H3,(H,38,44)(H,39,43)/b31-21-. The maximum atomic E-state index is 13.5. The summed E-state index contributed by atoms with van der Waals surface area (Å²) in [4.78, 5) is 40.7. The number of anilines is 1. The van der Waals surface area contributed by atoms with Gasteiger partial charge in [-0.2, -0.15) is 0 Å². The number of thioether (sulfide) groups is 1. The van der Waals surface area contributed by atoms with E-state index in [-0.39, 0.29) is 23.1 Å². The number of benzene rings is 5. The predicted molar refractivity (Wildman–Crippen MR) is 182 cm³/mol. The van der Waals surface area contributed by atoms with Crippen LogP contribution in [0.1, 0.15) is 20.7 Å². The smallest absolute Gasteiger partial charge is 0.272 e. The molecule has 5 aromatic carbocycles. The number of aromatic nitrogens is 1. The first-order valence-electron chi connectivity index (χ1n) is 14.4. The maximum absolute atomic E-state index is 13.5. The van der Waals surface area contributed by atoms with Gasteiger partial charge in [0, 0.05) is 38.5 Å². The fourth-order valence-electron chi connectivity index (χ4n) is 5.15. The summed E-state index contributed by atoms with van der Waals surface area (Å²) < 4.78 is 7.13. The molecule has 0 aliphatic carbocycles. The number of aromatic hydroxyl groups is 1. The Hall–Kier alpha value is -5.80. The van der Waals surface area contributed by atoms with Crippen LogP contribution in [0.25, 0.3) is 27.9 Å². The second-order valence-corrected chi connectivity index (χ2v) is 11.4. The molecule has 46 heavy (non-hydrogen) atoms. The normalized spacial score (nSPS) is 11.4. The van der Waals surface area contributed by atoms with Crippen LogP contribution in [0.4, 0.5) is 5.69 Å². The number of phenols is 1. The van der Waals surface area contributed by atoms with Gasteiger partial charge in [-0.1, -0.05) is 54.6 Å². The minimum Gasteiger partial charge on any atom is -0.508 e. The summed E-state index contributed by atoms with van der Waals surface area (Å²) in [6.45, 7) is 0. The van der Waals surface area contributed by atoms with Crippen molar-refractivity contribution in [3.63, 3.8) is 0 Å². The molecule has 0 aliphatic heterocycles. The minimum absolute atomic E-state index is 0.00282. The Balaban J connectivity index is 1.18. The number of amides is 2. The first-order valence-corrected chi connectivity index (χ1v) is 15.4. The molecule has 0 aliphatic rings. The van der Waals surface area contributed by atoms with Crippen LogP contribution >= 0.6 is 11.8 Å². The van der Waals surface area contributed by atoms with Crippen LogP contribution in [0.5, 0.6) is 11.5 Å². The molecule has 8 nitrogen and oxygen atoms in total. The van der Waals surface area contributed by atoms with E-state index < -0.39 is 11.8 Å². The Bertz CT molecular complexity index is 2050. The molecule has 0 fully saturated rings. The van der Waals surface area contributed by atoms with Gasteiger partial charge in [0.05, 0.1) is 23.9 Å². The third-order valence-corrected chi connectivity index (χ3v) is 8.35. The lowest BCUT2D eigenvalue weighted by molar-refractivity contribution is -0.113. The van der Waals surface area contributed by atoms with Gasteiger partial charge in [0.25, 0.3) is 11.8 Å². The van der Waals surface area contributed by atoms with Gasteiger partial charge in [-0.3, -0.25) is 19.0 Å². The molecular weight excluding hydrogens is 598 g/mol. The maximum Gasteiger partial charge on any atom is 0.272 e. The number of nitrogens with one attached hydrogen (secondary N) is 2. The highest BCUT2D eigenvalue weighted by Crippen LogP contribution is 2.30. The Morgan fingerprint density at radius 2 is 1.43 bits per heavy atom. The van der Waals surface area contributed by atoms with E-state index >= 15 is 0 Å². The average molecular weight is 628 g/mol. The molecule has 0 bridgehead atoms. The van der Waals surface area contributed by atoms with E-state index in [1.165, 1.54) is 37.1 Å². The Morgan fingerprint density at radius 1 is 0.804 bits per heavy atom. The van der Waals surface area contributed by atoms with Gasteiger partial charge in [0.2, 0.25) is 5.91 Å². The predicted octanol–water partition coefficient (Wildman–Crippen LogP) is 7.35. The van der Waals surface area contributed by atoms with E-state index in [1.807, 2.05) is 60.7 Å². The van der Waals surface area contributed by atoms with Crippen molar-refractivity contribution in [2.24, 2.45) is 0 Å². The molecule has 0 unspecified atom stereocenters. The highest BCUT2D eigenvalue weighted by molar-refractivity contribution is 8.00. The highest BCUT2D eigenvalue weighted by Gasteiger charge is 2.18. The lowest BCUT2D eigenvalue weighted by Crippen LogP contribution is -2.30. The second kappa shape index (κ2) is 13.5. The Labute approximate surface area is 269 Å². The fourth-order valence-corrected chi connectivity index (χ4v) is 5.90. The number of carbonyl (C=O) groups is 3. The van der Waals surface area contributed by atoms with Crippen molar-refractivity contribution in [2.45, 2.75) is 4.90 Å². The Kier molecular flexibility index (Phi) is 8.84. The van der Waals surface area contributed by atoms with Crippen molar-refractivity contribution in [3.8, 4) is 11.5 Å². The van der Waals surface area contributed by atoms with Gasteiger partial charge in [-0.05, 0) is 66.7 Å². The molecule has 3 N–H and O–H groups in total. The summed E-state index contributed by atoms with van der Waals surface area (Å²) in [5.74, 6) is -0.491. The van der Waals surface area contributed by atoms with Crippen LogP contribution in [0.3, 0.4) is 0 Å². The van der Waals surface area contributed by atoms with E-state index in [1.54, 1.807) is 53.1 Å². The molecule has 228 valence electrons. The number of hydrogen-bond acceptors (Lipinski definition) is 6. The summed E-state index contributed by atoms with van der Waals surface area (Å²) in [5.41, 5.74) is 3.10. The third kappa shape index (κ3) is 6.50. The zero-order valence-electron chi connectivity index (χ0n) is 24.8. The van der Waals surface area contributed by atoms with Gasteiger partial charge < -0.3 is 20.5 Å². The molecule has 0 atom stereocenters. The van der Waals surface area contributed by atoms with Crippen molar-refractivity contribution in [3.05, 3.63) is 138 Å². The molecular formula is C37H29N3O5S. The molecule has 0 radical (unpaired) electrons. The summed E-state index contributed by atoms with van der Waals surface area (Å²) in [6.07, 6.45) is 1.49. The van der Waals surface area contributed by atoms with Crippen LogP contribution < -0.4 is 15.4 Å². The highest BCUT2D eigenvalue weighted by atomic mass is 32.2. The van der Waals surface area contributed by atoms with Gasteiger partial charge in [-0.15, -0.1) is 11.8 Å². The van der Waals surface area contributed by atoms with Crippen molar-refractivity contribution in [2.75, 3.05) is 18.2 Å². The molecule has 2 amide bonds. The monoisotopic (exact) mass is 627 g/mol. The number of hydrogen-bond donors (Lipinski definition) is 3. The zero-order valence-corrected chi connectivity index (χ0v) is 25.6. The number of methoxy groups -OCH3 is 1. The van der Waals surface area contributed by atoms with E-state index in [2.05, 4.69) is 10.6 Å². The average Bonchev–Trinajstić information content (AvgIpc) is 3.43. The topological polar surface area (TPSA) is 110 Å². The van der Waals surface area contributed by atoms with Crippen LogP contribution in [-0.4, -0.2) is 40.3 Å². The van der Waals surface area contributed by atoms with Crippen molar-refractivity contribution >= 4 is 63.1 Å².